The van der Waals surface area contributed by atoms with Crippen LogP contribution in [0.4, 0.5) is 5.69 Å². The molecule has 16 heavy (non-hydrogen) atoms. The number of hydrogen-bond acceptors (Lipinski definition) is 2. The smallest absolute Gasteiger partial charge is 0.255 e. The Morgan fingerprint density at radius 1 is 1.38 bits per heavy atom. The molecule has 1 amide bonds. The fraction of sp³-hybridized carbons (Fsp3) is 0.0833. The first-order valence-electron chi connectivity index (χ1n) is 4.78. The van der Waals surface area contributed by atoms with Crippen molar-refractivity contribution in [1.29, 1.82) is 0 Å². The number of halogens is 1. The highest BCUT2D eigenvalue weighted by Gasteiger charge is 2.06. The fourth-order valence-corrected chi connectivity index (χ4v) is 2.09. The molecule has 0 fully saturated rings. The lowest BCUT2D eigenvalue weighted by Gasteiger charge is -2.03. The minimum absolute atomic E-state index is 0.106. The van der Waals surface area contributed by atoms with Crippen molar-refractivity contribution in [1.82, 2.24) is 0 Å². The predicted octanol–water partition coefficient (Wildman–Crippen LogP) is 3.74. The third-order valence-electron chi connectivity index (χ3n) is 2.12. The van der Waals surface area contributed by atoms with E-state index in [1.54, 1.807) is 23.5 Å². The maximum atomic E-state index is 11.8. The van der Waals surface area contributed by atoms with Crippen LogP contribution < -0.4 is 5.32 Å². The van der Waals surface area contributed by atoms with E-state index in [1.165, 1.54) is 0 Å². The van der Waals surface area contributed by atoms with E-state index in [0.29, 0.717) is 11.4 Å². The van der Waals surface area contributed by atoms with Crippen LogP contribution in [0, 0.1) is 0 Å². The van der Waals surface area contributed by atoms with Gasteiger partial charge in [0, 0.05) is 16.8 Å². The highest BCUT2D eigenvalue weighted by Crippen LogP contribution is 2.14. The van der Waals surface area contributed by atoms with Crippen LogP contribution in [0.3, 0.4) is 0 Å². The molecule has 0 atom stereocenters. The van der Waals surface area contributed by atoms with Crippen LogP contribution in [0.25, 0.3) is 0 Å². The Balaban J connectivity index is 2.14. The zero-order chi connectivity index (χ0) is 11.4. The molecule has 82 valence electrons. The summed E-state index contributed by atoms with van der Waals surface area (Å²) in [6.07, 6.45) is 0. The summed E-state index contributed by atoms with van der Waals surface area (Å²) >= 11 is 7.26. The average Bonchev–Trinajstić information content (AvgIpc) is 2.82. The SMILES string of the molecule is O=C(Nc1ccsc1)c1cccc(CCl)c1. The number of benzene rings is 1. The molecular formula is C12H10ClNOS. The maximum absolute atomic E-state index is 11.8. The number of rotatable bonds is 3. The van der Waals surface area contributed by atoms with Crippen LogP contribution >= 0.6 is 22.9 Å². The van der Waals surface area contributed by atoms with Crippen LogP contribution in [-0.4, -0.2) is 5.91 Å². The fourth-order valence-electron chi connectivity index (χ4n) is 1.33. The van der Waals surface area contributed by atoms with Crippen LogP contribution in [0.15, 0.2) is 41.1 Å². The lowest BCUT2D eigenvalue weighted by atomic mass is 10.1. The molecule has 1 N–H and O–H groups in total. The van der Waals surface area contributed by atoms with Gasteiger partial charge in [-0.15, -0.1) is 11.6 Å². The Morgan fingerprint density at radius 3 is 2.94 bits per heavy atom. The molecule has 0 spiro atoms. The van der Waals surface area contributed by atoms with Gasteiger partial charge in [-0.1, -0.05) is 12.1 Å². The number of nitrogens with one attached hydrogen (secondary N) is 1. The van der Waals surface area contributed by atoms with Gasteiger partial charge in [0.1, 0.15) is 0 Å². The van der Waals surface area contributed by atoms with E-state index >= 15 is 0 Å². The average molecular weight is 252 g/mol. The number of alkyl halides is 1. The lowest BCUT2D eigenvalue weighted by Crippen LogP contribution is -2.11. The number of amides is 1. The van der Waals surface area contributed by atoms with Crippen LogP contribution in [0.1, 0.15) is 15.9 Å². The molecular weight excluding hydrogens is 242 g/mol. The molecule has 0 unspecified atom stereocenters. The minimum Gasteiger partial charge on any atom is -0.321 e. The van der Waals surface area contributed by atoms with Gasteiger partial charge in [0.2, 0.25) is 0 Å². The molecule has 1 aromatic heterocycles. The minimum atomic E-state index is -0.106. The van der Waals surface area contributed by atoms with Gasteiger partial charge in [0.15, 0.2) is 0 Å². The third kappa shape index (κ3) is 2.62. The van der Waals surface area contributed by atoms with E-state index < -0.39 is 0 Å². The van der Waals surface area contributed by atoms with E-state index in [9.17, 15) is 4.79 Å². The first kappa shape index (κ1) is 11.2. The van der Waals surface area contributed by atoms with Gasteiger partial charge in [0.05, 0.1) is 5.69 Å². The van der Waals surface area contributed by atoms with Crippen molar-refractivity contribution in [3.05, 3.63) is 52.2 Å². The van der Waals surface area contributed by atoms with Gasteiger partial charge in [0.25, 0.3) is 5.91 Å². The Bertz CT molecular complexity index is 482. The van der Waals surface area contributed by atoms with Crippen molar-refractivity contribution in [2.24, 2.45) is 0 Å². The number of carbonyl (C=O) groups is 1. The first-order valence-corrected chi connectivity index (χ1v) is 6.26. The summed E-state index contributed by atoms with van der Waals surface area (Å²) in [4.78, 5) is 11.8. The van der Waals surface area contributed by atoms with Crippen molar-refractivity contribution < 1.29 is 4.79 Å². The number of carbonyl (C=O) groups excluding carboxylic acids is 1. The van der Waals surface area contributed by atoms with Gasteiger partial charge in [-0.05, 0) is 29.1 Å². The molecule has 2 aromatic rings. The van der Waals surface area contributed by atoms with Gasteiger partial charge in [-0.25, -0.2) is 0 Å². The van der Waals surface area contributed by atoms with Gasteiger partial charge in [-0.2, -0.15) is 11.3 Å². The molecule has 2 nitrogen and oxygen atoms in total. The highest BCUT2D eigenvalue weighted by molar-refractivity contribution is 7.08. The molecule has 0 saturated heterocycles. The van der Waals surface area contributed by atoms with Gasteiger partial charge < -0.3 is 5.32 Å². The Labute approximate surface area is 103 Å². The van der Waals surface area contributed by atoms with Gasteiger partial charge >= 0.3 is 0 Å². The van der Waals surface area contributed by atoms with Crippen LogP contribution in [0.2, 0.25) is 0 Å². The Hall–Kier alpha value is -1.32. The van der Waals surface area contributed by atoms with Crippen LogP contribution in [0.5, 0.6) is 0 Å². The molecule has 0 saturated carbocycles. The Morgan fingerprint density at radius 2 is 2.25 bits per heavy atom. The third-order valence-corrected chi connectivity index (χ3v) is 3.11. The summed E-state index contributed by atoms with van der Waals surface area (Å²) in [5, 5.41) is 6.63. The molecule has 4 heteroatoms. The van der Waals surface area contributed by atoms with E-state index in [-0.39, 0.29) is 5.91 Å². The lowest BCUT2D eigenvalue weighted by molar-refractivity contribution is 0.102. The molecule has 0 aliphatic carbocycles. The summed E-state index contributed by atoms with van der Waals surface area (Å²) in [5.74, 6) is 0.310. The normalized spacial score (nSPS) is 10.1. The largest absolute Gasteiger partial charge is 0.321 e. The van der Waals surface area contributed by atoms with Crippen molar-refractivity contribution in [2.75, 3.05) is 5.32 Å². The molecule has 2 rings (SSSR count). The van der Waals surface area contributed by atoms with E-state index in [4.69, 9.17) is 11.6 Å². The topological polar surface area (TPSA) is 29.1 Å². The number of anilines is 1. The molecule has 0 radical (unpaired) electrons. The first-order chi connectivity index (χ1) is 7.79. The quantitative estimate of drug-likeness (QED) is 0.828. The summed E-state index contributed by atoms with van der Waals surface area (Å²) in [5.41, 5.74) is 2.40. The monoisotopic (exact) mass is 251 g/mol. The standard InChI is InChI=1S/C12H10ClNOS/c13-7-9-2-1-3-10(6-9)12(15)14-11-4-5-16-8-11/h1-6,8H,7H2,(H,14,15). The van der Waals surface area contributed by atoms with E-state index in [1.807, 2.05) is 29.0 Å². The van der Waals surface area contributed by atoms with Crippen molar-refractivity contribution in [3.8, 4) is 0 Å². The van der Waals surface area contributed by atoms with E-state index in [2.05, 4.69) is 5.32 Å². The number of thiophene rings is 1. The van der Waals surface area contributed by atoms with Crippen LogP contribution in [-0.2, 0) is 5.88 Å². The Kier molecular flexibility index (Phi) is 3.59. The summed E-state index contributed by atoms with van der Waals surface area (Å²) in [7, 11) is 0. The summed E-state index contributed by atoms with van der Waals surface area (Å²) in [6.45, 7) is 0. The summed E-state index contributed by atoms with van der Waals surface area (Å²) < 4.78 is 0. The van der Waals surface area contributed by atoms with Crippen molar-refractivity contribution in [3.63, 3.8) is 0 Å². The summed E-state index contributed by atoms with van der Waals surface area (Å²) in [6, 6.07) is 9.18. The van der Waals surface area contributed by atoms with E-state index in [0.717, 1.165) is 11.3 Å². The highest BCUT2D eigenvalue weighted by atomic mass is 35.5. The maximum Gasteiger partial charge on any atom is 0.255 e. The zero-order valence-corrected chi connectivity index (χ0v) is 10.0. The zero-order valence-electron chi connectivity index (χ0n) is 8.44. The number of hydrogen-bond donors (Lipinski definition) is 1. The predicted molar refractivity (Wildman–Crippen MR) is 68.3 cm³/mol. The molecule has 0 aliphatic rings. The van der Waals surface area contributed by atoms with Crippen molar-refractivity contribution >= 4 is 34.5 Å². The molecule has 1 aromatic carbocycles. The van der Waals surface area contributed by atoms with Crippen molar-refractivity contribution in [2.45, 2.75) is 5.88 Å². The van der Waals surface area contributed by atoms with Gasteiger partial charge in [-0.3, -0.25) is 4.79 Å². The molecule has 1 heterocycles. The molecule has 0 bridgehead atoms. The second kappa shape index (κ2) is 5.14. The second-order valence-electron chi connectivity index (χ2n) is 3.30. The second-order valence-corrected chi connectivity index (χ2v) is 4.35. The molecule has 0 aliphatic heterocycles.